The largest absolute Gasteiger partial charge is 0.312 e. The smallest absolute Gasteiger partial charge is 0.151 e. The average molecular weight is 267 g/mol. The summed E-state index contributed by atoms with van der Waals surface area (Å²) in [5, 5.41) is 8.90. The number of aromatic nitrogens is 4. The average Bonchev–Trinajstić information content (AvgIpc) is 2.89. The summed E-state index contributed by atoms with van der Waals surface area (Å²) in [4.78, 5) is 8.58. The highest BCUT2D eigenvalue weighted by molar-refractivity contribution is 5.81. The summed E-state index contributed by atoms with van der Waals surface area (Å²) in [5.74, 6) is 0.875. The van der Waals surface area contributed by atoms with E-state index in [1.54, 1.807) is 11.0 Å². The van der Waals surface area contributed by atoms with Gasteiger partial charge in [-0.25, -0.2) is 4.98 Å². The van der Waals surface area contributed by atoms with Crippen molar-refractivity contribution < 1.29 is 0 Å². The Bertz CT molecular complexity index is 699. The van der Waals surface area contributed by atoms with Crippen molar-refractivity contribution in [3.63, 3.8) is 0 Å². The monoisotopic (exact) mass is 267 g/mol. The van der Waals surface area contributed by atoms with Crippen molar-refractivity contribution >= 4 is 10.9 Å². The van der Waals surface area contributed by atoms with Crippen molar-refractivity contribution in [1.82, 2.24) is 25.1 Å². The van der Waals surface area contributed by atoms with E-state index >= 15 is 0 Å². The molecule has 0 spiro atoms. The van der Waals surface area contributed by atoms with Crippen LogP contribution in [-0.2, 0) is 20.0 Å². The Balaban J connectivity index is 1.60. The molecule has 1 N–H and O–H groups in total. The van der Waals surface area contributed by atoms with E-state index in [1.165, 1.54) is 10.9 Å². The molecule has 5 nitrogen and oxygen atoms in total. The third-order valence-electron chi connectivity index (χ3n) is 3.23. The number of hydrogen-bond donors (Lipinski definition) is 1. The van der Waals surface area contributed by atoms with Crippen LogP contribution in [0.2, 0.25) is 0 Å². The molecule has 3 rings (SSSR count). The summed E-state index contributed by atoms with van der Waals surface area (Å²) in [7, 11) is 1.88. The van der Waals surface area contributed by atoms with Crippen LogP contribution in [-0.4, -0.2) is 26.3 Å². The molecule has 0 radical (unpaired) electrons. The molecule has 5 heteroatoms. The van der Waals surface area contributed by atoms with Gasteiger partial charge in [0.15, 0.2) is 5.82 Å². The molecule has 0 unspecified atom stereocenters. The van der Waals surface area contributed by atoms with Crippen molar-refractivity contribution in [2.24, 2.45) is 7.05 Å². The minimum Gasteiger partial charge on any atom is -0.312 e. The third-order valence-corrected chi connectivity index (χ3v) is 3.23. The van der Waals surface area contributed by atoms with E-state index in [-0.39, 0.29) is 0 Å². The van der Waals surface area contributed by atoms with Gasteiger partial charge in [0, 0.05) is 38.1 Å². The lowest BCUT2D eigenvalue weighted by Gasteiger charge is -2.07. The molecule has 0 aliphatic heterocycles. The first-order chi connectivity index (χ1) is 9.83. The molecule has 3 aromatic rings. The van der Waals surface area contributed by atoms with E-state index in [0.717, 1.165) is 30.9 Å². The predicted molar refractivity (Wildman–Crippen MR) is 78.2 cm³/mol. The van der Waals surface area contributed by atoms with Crippen molar-refractivity contribution in [3.8, 4) is 0 Å². The Labute approximate surface area is 117 Å². The fourth-order valence-electron chi connectivity index (χ4n) is 2.23. The Morgan fingerprint density at radius 3 is 2.90 bits per heavy atom. The van der Waals surface area contributed by atoms with E-state index in [9.17, 15) is 0 Å². The van der Waals surface area contributed by atoms with Crippen LogP contribution in [0.1, 0.15) is 11.4 Å². The van der Waals surface area contributed by atoms with Gasteiger partial charge < -0.3 is 5.32 Å². The second-order valence-corrected chi connectivity index (χ2v) is 4.75. The number of fused-ring (bicyclic) bond motifs is 1. The predicted octanol–water partition coefficient (Wildman–Crippen LogP) is 1.70. The van der Waals surface area contributed by atoms with Gasteiger partial charge in [-0.1, -0.05) is 18.2 Å². The lowest BCUT2D eigenvalue weighted by Crippen LogP contribution is -2.17. The number of aryl methyl sites for hydroxylation is 1. The number of nitrogens with one attached hydrogen (secondary N) is 1. The summed E-state index contributed by atoms with van der Waals surface area (Å²) in [6.45, 7) is 1.69. The van der Waals surface area contributed by atoms with Gasteiger partial charge in [-0.15, -0.1) is 0 Å². The second-order valence-electron chi connectivity index (χ2n) is 4.75. The highest BCUT2D eigenvalue weighted by Crippen LogP contribution is 2.15. The number of nitrogens with zero attached hydrogens (tertiary/aromatic N) is 4. The number of hydrogen-bond acceptors (Lipinski definition) is 4. The molecule has 2 heterocycles. The molecule has 0 saturated heterocycles. The molecular formula is C15H17N5. The highest BCUT2D eigenvalue weighted by Gasteiger charge is 2.02. The lowest BCUT2D eigenvalue weighted by atomic mass is 10.1. The summed E-state index contributed by atoms with van der Waals surface area (Å²) in [6, 6.07) is 10.3. The normalized spacial score (nSPS) is 11.1. The zero-order chi connectivity index (χ0) is 13.8. The Morgan fingerprint density at radius 1 is 1.15 bits per heavy atom. The minimum atomic E-state index is 0.829. The summed E-state index contributed by atoms with van der Waals surface area (Å²) in [5.41, 5.74) is 2.31. The molecule has 102 valence electrons. The third kappa shape index (κ3) is 2.83. The van der Waals surface area contributed by atoms with Gasteiger partial charge in [-0.05, 0) is 17.7 Å². The number of para-hydroxylation sites is 1. The van der Waals surface area contributed by atoms with E-state index < -0.39 is 0 Å². The Kier molecular flexibility index (Phi) is 3.69. The topological polar surface area (TPSA) is 55.6 Å². The van der Waals surface area contributed by atoms with Gasteiger partial charge in [0.1, 0.15) is 6.33 Å². The molecule has 1 aromatic carbocycles. The second kappa shape index (κ2) is 5.79. The van der Waals surface area contributed by atoms with Crippen molar-refractivity contribution in [1.29, 1.82) is 0 Å². The molecule has 0 amide bonds. The standard InChI is InChI=1S/C15H17N5/c1-20-11-18-15(19-20)7-8-16-10-12-6-9-17-14-5-3-2-4-13(12)14/h2-6,9,11,16H,7-8,10H2,1H3. The van der Waals surface area contributed by atoms with Gasteiger partial charge >= 0.3 is 0 Å². The quantitative estimate of drug-likeness (QED) is 0.715. The molecule has 20 heavy (non-hydrogen) atoms. The van der Waals surface area contributed by atoms with Crippen LogP contribution in [0.3, 0.4) is 0 Å². The van der Waals surface area contributed by atoms with E-state index in [4.69, 9.17) is 0 Å². The first-order valence-electron chi connectivity index (χ1n) is 6.71. The zero-order valence-electron chi connectivity index (χ0n) is 11.5. The van der Waals surface area contributed by atoms with Crippen LogP contribution in [0.4, 0.5) is 0 Å². The lowest BCUT2D eigenvalue weighted by molar-refractivity contribution is 0.663. The minimum absolute atomic E-state index is 0.829. The molecule has 2 aromatic heterocycles. The van der Waals surface area contributed by atoms with E-state index in [1.807, 2.05) is 31.4 Å². The fraction of sp³-hybridized carbons (Fsp3) is 0.267. The van der Waals surface area contributed by atoms with Crippen LogP contribution < -0.4 is 5.32 Å². The van der Waals surface area contributed by atoms with Gasteiger partial charge in [0.05, 0.1) is 5.52 Å². The molecule has 0 saturated carbocycles. The molecule has 0 fully saturated rings. The van der Waals surface area contributed by atoms with Crippen molar-refractivity contribution in [3.05, 3.63) is 54.2 Å². The maximum atomic E-state index is 4.37. The maximum absolute atomic E-state index is 4.37. The maximum Gasteiger partial charge on any atom is 0.151 e. The van der Waals surface area contributed by atoms with Gasteiger partial charge in [-0.2, -0.15) is 5.10 Å². The molecule has 0 atom stereocenters. The Hall–Kier alpha value is -2.27. The molecule has 0 aliphatic carbocycles. The number of benzene rings is 1. The number of rotatable bonds is 5. The number of pyridine rings is 1. The van der Waals surface area contributed by atoms with Crippen LogP contribution in [0.15, 0.2) is 42.9 Å². The molecule has 0 bridgehead atoms. The van der Waals surface area contributed by atoms with Crippen molar-refractivity contribution in [2.45, 2.75) is 13.0 Å². The van der Waals surface area contributed by atoms with Crippen molar-refractivity contribution in [2.75, 3.05) is 6.54 Å². The molecular weight excluding hydrogens is 250 g/mol. The summed E-state index contributed by atoms with van der Waals surface area (Å²) >= 11 is 0. The van der Waals surface area contributed by atoms with Gasteiger partial charge in [-0.3, -0.25) is 9.67 Å². The highest BCUT2D eigenvalue weighted by atomic mass is 15.3. The van der Waals surface area contributed by atoms with Crippen LogP contribution >= 0.6 is 0 Å². The molecule has 0 aliphatic rings. The first kappa shape index (κ1) is 12.7. The van der Waals surface area contributed by atoms with Crippen LogP contribution in [0.25, 0.3) is 10.9 Å². The van der Waals surface area contributed by atoms with Crippen LogP contribution in [0.5, 0.6) is 0 Å². The first-order valence-corrected chi connectivity index (χ1v) is 6.71. The zero-order valence-corrected chi connectivity index (χ0v) is 11.5. The van der Waals surface area contributed by atoms with E-state index in [0.29, 0.717) is 0 Å². The SMILES string of the molecule is Cn1cnc(CCNCc2ccnc3ccccc23)n1. The Morgan fingerprint density at radius 2 is 2.05 bits per heavy atom. The summed E-state index contributed by atoms with van der Waals surface area (Å²) < 4.78 is 1.73. The van der Waals surface area contributed by atoms with Crippen LogP contribution in [0, 0.1) is 0 Å². The van der Waals surface area contributed by atoms with Gasteiger partial charge in [0.2, 0.25) is 0 Å². The van der Waals surface area contributed by atoms with E-state index in [2.05, 4.69) is 32.5 Å². The fourth-order valence-corrected chi connectivity index (χ4v) is 2.23. The summed E-state index contributed by atoms with van der Waals surface area (Å²) in [6.07, 6.45) is 4.43. The van der Waals surface area contributed by atoms with Gasteiger partial charge in [0.25, 0.3) is 0 Å².